The van der Waals surface area contributed by atoms with Crippen molar-refractivity contribution in [3.05, 3.63) is 16.7 Å². The molecule has 13 heavy (non-hydrogen) atoms. The van der Waals surface area contributed by atoms with Crippen LogP contribution in [0.5, 0.6) is 5.75 Å². The normalized spacial score (nSPS) is 10.5. The van der Waals surface area contributed by atoms with Crippen LogP contribution in [-0.4, -0.2) is 11.6 Å². The van der Waals surface area contributed by atoms with E-state index >= 15 is 0 Å². The Morgan fingerprint density at radius 1 is 1.62 bits per heavy atom. The highest BCUT2D eigenvalue weighted by molar-refractivity contribution is 9.10. The summed E-state index contributed by atoms with van der Waals surface area (Å²) in [6.45, 7) is 4.87. The summed E-state index contributed by atoms with van der Waals surface area (Å²) in [6, 6.07) is 1.71. The van der Waals surface area contributed by atoms with Gasteiger partial charge >= 0.3 is 0 Å². The maximum Gasteiger partial charge on any atom is 0.138 e. The molecule has 4 heteroatoms. The average Bonchev–Trinajstić information content (AvgIpc) is 2.06. The summed E-state index contributed by atoms with van der Waals surface area (Å²) in [7, 11) is 0. The van der Waals surface area contributed by atoms with Crippen LogP contribution in [0.3, 0.4) is 0 Å². The van der Waals surface area contributed by atoms with Crippen LogP contribution in [0.2, 0.25) is 0 Å². The van der Waals surface area contributed by atoms with E-state index in [0.717, 1.165) is 10.2 Å². The molecule has 0 aliphatic heterocycles. The number of hydrogen-bond acceptors (Lipinski definition) is 3. The summed E-state index contributed by atoms with van der Waals surface area (Å²) >= 11 is 3.34. The highest BCUT2D eigenvalue weighted by Gasteiger charge is 2.03. The molecule has 0 radical (unpaired) electrons. The first-order valence-electron chi connectivity index (χ1n) is 4.13. The Balaban J connectivity index is 2.70. The van der Waals surface area contributed by atoms with Crippen LogP contribution in [0, 0.1) is 5.92 Å². The fourth-order valence-corrected chi connectivity index (χ4v) is 1.13. The largest absolute Gasteiger partial charge is 0.492 e. The van der Waals surface area contributed by atoms with E-state index in [-0.39, 0.29) is 0 Å². The van der Waals surface area contributed by atoms with Gasteiger partial charge < -0.3 is 10.5 Å². The first-order valence-corrected chi connectivity index (χ1v) is 4.92. The predicted molar refractivity (Wildman–Crippen MR) is 56.7 cm³/mol. The standard InChI is InChI=1S/C9H13BrN2O/c1-6(2)5-13-8-3-9(11)12-4-7(8)10/h3-4,6H,5H2,1-2H3,(H2,11,12). The molecule has 0 aliphatic carbocycles. The number of pyridine rings is 1. The van der Waals surface area contributed by atoms with Gasteiger partial charge in [0.1, 0.15) is 11.6 Å². The van der Waals surface area contributed by atoms with E-state index in [2.05, 4.69) is 34.8 Å². The number of nitrogen functional groups attached to an aromatic ring is 1. The van der Waals surface area contributed by atoms with E-state index < -0.39 is 0 Å². The summed E-state index contributed by atoms with van der Waals surface area (Å²) in [5, 5.41) is 0. The third-order valence-corrected chi connectivity index (χ3v) is 2.01. The van der Waals surface area contributed by atoms with Crippen LogP contribution in [0.15, 0.2) is 16.7 Å². The number of nitrogens with two attached hydrogens (primary N) is 1. The van der Waals surface area contributed by atoms with Crippen molar-refractivity contribution in [2.24, 2.45) is 5.92 Å². The molecular weight excluding hydrogens is 232 g/mol. The Kier molecular flexibility index (Phi) is 3.54. The van der Waals surface area contributed by atoms with Crippen LogP contribution in [0.25, 0.3) is 0 Å². The monoisotopic (exact) mass is 244 g/mol. The summed E-state index contributed by atoms with van der Waals surface area (Å²) < 4.78 is 6.35. The van der Waals surface area contributed by atoms with Crippen LogP contribution in [0.1, 0.15) is 13.8 Å². The summed E-state index contributed by atoms with van der Waals surface area (Å²) in [4.78, 5) is 3.92. The van der Waals surface area contributed by atoms with Gasteiger partial charge in [0.2, 0.25) is 0 Å². The lowest BCUT2D eigenvalue weighted by molar-refractivity contribution is 0.269. The van der Waals surface area contributed by atoms with Gasteiger partial charge in [-0.1, -0.05) is 13.8 Å². The molecule has 0 atom stereocenters. The molecule has 1 rings (SSSR count). The van der Waals surface area contributed by atoms with Crippen molar-refractivity contribution in [3.63, 3.8) is 0 Å². The Bertz CT molecular complexity index is 289. The Hall–Kier alpha value is -0.770. The van der Waals surface area contributed by atoms with Crippen LogP contribution < -0.4 is 10.5 Å². The van der Waals surface area contributed by atoms with E-state index in [1.54, 1.807) is 12.3 Å². The Labute approximate surface area is 86.4 Å². The maximum absolute atomic E-state index is 5.52. The molecular formula is C9H13BrN2O. The van der Waals surface area contributed by atoms with Crippen molar-refractivity contribution in [2.75, 3.05) is 12.3 Å². The molecule has 0 unspecified atom stereocenters. The Morgan fingerprint density at radius 2 is 2.31 bits per heavy atom. The van der Waals surface area contributed by atoms with Crippen molar-refractivity contribution in [1.82, 2.24) is 4.98 Å². The summed E-state index contributed by atoms with van der Waals surface area (Å²) in [6.07, 6.45) is 1.64. The van der Waals surface area contributed by atoms with E-state index in [0.29, 0.717) is 18.3 Å². The van der Waals surface area contributed by atoms with E-state index in [4.69, 9.17) is 10.5 Å². The molecule has 1 aromatic rings. The van der Waals surface area contributed by atoms with Gasteiger partial charge in [0.15, 0.2) is 0 Å². The SMILES string of the molecule is CC(C)COc1cc(N)ncc1Br. The molecule has 0 saturated carbocycles. The van der Waals surface area contributed by atoms with Crippen LogP contribution >= 0.6 is 15.9 Å². The maximum atomic E-state index is 5.52. The smallest absolute Gasteiger partial charge is 0.138 e. The van der Waals surface area contributed by atoms with Crippen molar-refractivity contribution < 1.29 is 4.74 Å². The van der Waals surface area contributed by atoms with Gasteiger partial charge in [-0.3, -0.25) is 0 Å². The minimum Gasteiger partial charge on any atom is -0.492 e. The highest BCUT2D eigenvalue weighted by atomic mass is 79.9. The minimum absolute atomic E-state index is 0.474. The average molecular weight is 245 g/mol. The van der Waals surface area contributed by atoms with Crippen molar-refractivity contribution in [2.45, 2.75) is 13.8 Å². The molecule has 0 fully saturated rings. The topological polar surface area (TPSA) is 48.1 Å². The molecule has 72 valence electrons. The summed E-state index contributed by atoms with van der Waals surface area (Å²) in [5.41, 5.74) is 5.52. The first-order chi connectivity index (χ1) is 6.09. The van der Waals surface area contributed by atoms with Crippen molar-refractivity contribution >= 4 is 21.7 Å². The fourth-order valence-electron chi connectivity index (χ4n) is 0.802. The quantitative estimate of drug-likeness (QED) is 0.889. The van der Waals surface area contributed by atoms with E-state index in [1.165, 1.54) is 0 Å². The lowest BCUT2D eigenvalue weighted by Gasteiger charge is -2.10. The second-order valence-electron chi connectivity index (χ2n) is 3.24. The number of nitrogens with zero attached hydrogens (tertiary/aromatic N) is 1. The molecule has 0 saturated heterocycles. The van der Waals surface area contributed by atoms with Gasteiger partial charge in [0.25, 0.3) is 0 Å². The zero-order valence-electron chi connectivity index (χ0n) is 7.75. The number of ether oxygens (including phenoxy) is 1. The third-order valence-electron chi connectivity index (χ3n) is 1.41. The first kappa shape index (κ1) is 10.3. The van der Waals surface area contributed by atoms with Crippen LogP contribution in [-0.2, 0) is 0 Å². The molecule has 0 aromatic carbocycles. The van der Waals surface area contributed by atoms with E-state index in [1.807, 2.05) is 0 Å². The zero-order chi connectivity index (χ0) is 9.84. The molecule has 1 heterocycles. The van der Waals surface area contributed by atoms with Gasteiger partial charge in [-0.2, -0.15) is 0 Å². The molecule has 1 aromatic heterocycles. The molecule has 2 N–H and O–H groups in total. The number of anilines is 1. The molecule has 0 amide bonds. The second-order valence-corrected chi connectivity index (χ2v) is 4.10. The van der Waals surface area contributed by atoms with Gasteiger partial charge in [-0.25, -0.2) is 4.98 Å². The van der Waals surface area contributed by atoms with Crippen molar-refractivity contribution in [1.29, 1.82) is 0 Å². The molecule has 3 nitrogen and oxygen atoms in total. The lowest BCUT2D eigenvalue weighted by atomic mass is 10.2. The molecule has 0 bridgehead atoms. The zero-order valence-corrected chi connectivity index (χ0v) is 9.34. The van der Waals surface area contributed by atoms with Gasteiger partial charge in [0.05, 0.1) is 11.1 Å². The van der Waals surface area contributed by atoms with Crippen molar-refractivity contribution in [3.8, 4) is 5.75 Å². The lowest BCUT2D eigenvalue weighted by Crippen LogP contribution is -2.05. The fraction of sp³-hybridized carbons (Fsp3) is 0.444. The van der Waals surface area contributed by atoms with E-state index in [9.17, 15) is 0 Å². The van der Waals surface area contributed by atoms with Gasteiger partial charge in [-0.15, -0.1) is 0 Å². The number of rotatable bonds is 3. The van der Waals surface area contributed by atoms with Gasteiger partial charge in [-0.05, 0) is 21.8 Å². The number of aromatic nitrogens is 1. The third kappa shape index (κ3) is 3.22. The minimum atomic E-state index is 0.474. The number of halogens is 1. The molecule has 0 spiro atoms. The molecule has 0 aliphatic rings. The second kappa shape index (κ2) is 4.46. The Morgan fingerprint density at radius 3 is 2.92 bits per heavy atom. The number of hydrogen-bond donors (Lipinski definition) is 1. The summed E-state index contributed by atoms with van der Waals surface area (Å²) in [5.74, 6) is 1.73. The van der Waals surface area contributed by atoms with Gasteiger partial charge in [0, 0.05) is 12.3 Å². The predicted octanol–water partition coefficient (Wildman–Crippen LogP) is 2.46. The highest BCUT2D eigenvalue weighted by Crippen LogP contribution is 2.25. The van der Waals surface area contributed by atoms with Crippen LogP contribution in [0.4, 0.5) is 5.82 Å².